The molecule has 3 aromatic heterocycles. The quantitative estimate of drug-likeness (QED) is 0.384. The first-order valence-corrected chi connectivity index (χ1v) is 9.10. The standard InChI is InChI=1S/C22H14N2S/c1-5-15-7-3-11-23-21(15)17(9-1)19-13-25-14-20(19)18-10-2-6-16-8-4-12-24-22(16)18/h1-14H. The Balaban J connectivity index is 1.80. The monoisotopic (exact) mass is 338 g/mol. The summed E-state index contributed by atoms with van der Waals surface area (Å²) in [5, 5.41) is 6.74. The van der Waals surface area contributed by atoms with Crippen molar-refractivity contribution in [1.82, 2.24) is 9.97 Å². The van der Waals surface area contributed by atoms with Crippen LogP contribution in [0.15, 0.2) is 83.8 Å². The van der Waals surface area contributed by atoms with E-state index in [2.05, 4.69) is 69.3 Å². The normalized spacial score (nSPS) is 11.2. The summed E-state index contributed by atoms with van der Waals surface area (Å²) in [6, 6.07) is 20.9. The lowest BCUT2D eigenvalue weighted by Gasteiger charge is -2.09. The molecule has 118 valence electrons. The summed E-state index contributed by atoms with van der Waals surface area (Å²) < 4.78 is 0. The largest absolute Gasteiger partial charge is 0.256 e. The summed E-state index contributed by atoms with van der Waals surface area (Å²) in [6.07, 6.45) is 3.72. The van der Waals surface area contributed by atoms with Gasteiger partial charge in [-0.15, -0.1) is 0 Å². The zero-order valence-electron chi connectivity index (χ0n) is 13.4. The Labute approximate surface area is 149 Å². The van der Waals surface area contributed by atoms with Crippen LogP contribution < -0.4 is 0 Å². The Morgan fingerprint density at radius 1 is 0.520 bits per heavy atom. The third-order valence-electron chi connectivity index (χ3n) is 4.51. The van der Waals surface area contributed by atoms with Crippen LogP contribution in [-0.2, 0) is 0 Å². The molecule has 3 heteroatoms. The van der Waals surface area contributed by atoms with Crippen LogP contribution in [0.1, 0.15) is 0 Å². The highest BCUT2D eigenvalue weighted by Crippen LogP contribution is 2.39. The molecule has 0 bridgehead atoms. The van der Waals surface area contributed by atoms with Crippen LogP contribution in [0.2, 0.25) is 0 Å². The zero-order chi connectivity index (χ0) is 16.6. The van der Waals surface area contributed by atoms with Crippen LogP contribution in [0.3, 0.4) is 0 Å². The molecule has 0 aliphatic carbocycles. The molecule has 0 saturated heterocycles. The van der Waals surface area contributed by atoms with Gasteiger partial charge in [0.25, 0.3) is 0 Å². The third kappa shape index (κ3) is 2.32. The number of nitrogens with zero attached hydrogens (tertiary/aromatic N) is 2. The molecule has 5 rings (SSSR count). The first-order chi connectivity index (χ1) is 12.4. The molecule has 0 saturated carbocycles. The summed E-state index contributed by atoms with van der Waals surface area (Å²) in [5.74, 6) is 0. The Morgan fingerprint density at radius 3 is 1.52 bits per heavy atom. The van der Waals surface area contributed by atoms with E-state index >= 15 is 0 Å². The van der Waals surface area contributed by atoms with Gasteiger partial charge in [0.15, 0.2) is 0 Å². The number of thiophene rings is 1. The number of para-hydroxylation sites is 2. The highest BCUT2D eigenvalue weighted by Gasteiger charge is 2.14. The average Bonchev–Trinajstić information content (AvgIpc) is 3.16. The van der Waals surface area contributed by atoms with Crippen LogP contribution >= 0.6 is 11.3 Å². The molecule has 0 radical (unpaired) electrons. The molecule has 0 amide bonds. The molecule has 0 aliphatic heterocycles. The van der Waals surface area contributed by atoms with Crippen LogP contribution in [0.25, 0.3) is 44.1 Å². The van der Waals surface area contributed by atoms with Crippen molar-refractivity contribution in [3.8, 4) is 22.3 Å². The van der Waals surface area contributed by atoms with Crippen LogP contribution in [0, 0.1) is 0 Å². The minimum atomic E-state index is 1.04. The number of aromatic nitrogens is 2. The van der Waals surface area contributed by atoms with Crippen LogP contribution in [0.5, 0.6) is 0 Å². The molecular formula is C22H14N2S. The SMILES string of the molecule is c1cnc2c(-c3cscc3-c3cccc4cccnc34)cccc2c1. The Hall–Kier alpha value is -3.04. The second-order valence-electron chi connectivity index (χ2n) is 5.96. The van der Waals surface area contributed by atoms with E-state index in [1.165, 1.54) is 22.3 Å². The van der Waals surface area contributed by atoms with Crippen molar-refractivity contribution in [2.45, 2.75) is 0 Å². The van der Waals surface area contributed by atoms with Crippen LogP contribution in [-0.4, -0.2) is 9.97 Å². The van der Waals surface area contributed by atoms with E-state index < -0.39 is 0 Å². The van der Waals surface area contributed by atoms with E-state index in [1.54, 1.807) is 11.3 Å². The van der Waals surface area contributed by atoms with Gasteiger partial charge >= 0.3 is 0 Å². The van der Waals surface area contributed by atoms with E-state index in [-0.39, 0.29) is 0 Å². The first-order valence-electron chi connectivity index (χ1n) is 8.16. The van der Waals surface area contributed by atoms with Gasteiger partial charge in [0.2, 0.25) is 0 Å². The number of hydrogen-bond donors (Lipinski definition) is 0. The fourth-order valence-electron chi connectivity index (χ4n) is 3.36. The number of pyridine rings is 2. The number of benzene rings is 2. The highest BCUT2D eigenvalue weighted by molar-refractivity contribution is 7.08. The Morgan fingerprint density at radius 2 is 1.00 bits per heavy atom. The molecule has 25 heavy (non-hydrogen) atoms. The fourth-order valence-corrected chi connectivity index (χ4v) is 4.21. The molecule has 3 heterocycles. The topological polar surface area (TPSA) is 25.8 Å². The Kier molecular flexibility index (Phi) is 3.32. The molecule has 5 aromatic rings. The molecule has 0 unspecified atom stereocenters. The third-order valence-corrected chi connectivity index (χ3v) is 5.25. The highest BCUT2D eigenvalue weighted by atomic mass is 32.1. The summed E-state index contributed by atoms with van der Waals surface area (Å²) in [5.41, 5.74) is 6.85. The average molecular weight is 338 g/mol. The molecule has 0 N–H and O–H groups in total. The lowest BCUT2D eigenvalue weighted by atomic mass is 9.95. The van der Waals surface area contributed by atoms with E-state index in [0.29, 0.717) is 0 Å². The van der Waals surface area contributed by atoms with Gasteiger partial charge in [-0.1, -0.05) is 48.5 Å². The smallest absolute Gasteiger partial charge is 0.0780 e. The lowest BCUT2D eigenvalue weighted by molar-refractivity contribution is 1.41. The number of rotatable bonds is 2. The fraction of sp³-hybridized carbons (Fsp3) is 0. The maximum absolute atomic E-state index is 4.62. The van der Waals surface area contributed by atoms with Gasteiger partial charge < -0.3 is 0 Å². The number of fused-ring (bicyclic) bond motifs is 2. The van der Waals surface area contributed by atoms with E-state index in [1.807, 2.05) is 24.5 Å². The summed E-state index contributed by atoms with van der Waals surface area (Å²) in [7, 11) is 0. The van der Waals surface area contributed by atoms with Crippen molar-refractivity contribution in [2.75, 3.05) is 0 Å². The molecule has 0 aliphatic rings. The minimum Gasteiger partial charge on any atom is -0.256 e. The van der Waals surface area contributed by atoms with Crippen molar-refractivity contribution < 1.29 is 0 Å². The molecule has 0 spiro atoms. The predicted octanol–water partition coefficient (Wildman–Crippen LogP) is 6.18. The van der Waals surface area contributed by atoms with Crippen molar-refractivity contribution in [2.24, 2.45) is 0 Å². The van der Waals surface area contributed by atoms with Gasteiger partial charge in [-0.2, -0.15) is 11.3 Å². The van der Waals surface area contributed by atoms with Gasteiger partial charge in [0.1, 0.15) is 0 Å². The zero-order valence-corrected chi connectivity index (χ0v) is 14.2. The second-order valence-corrected chi connectivity index (χ2v) is 6.70. The van der Waals surface area contributed by atoms with Crippen molar-refractivity contribution in [3.63, 3.8) is 0 Å². The lowest BCUT2D eigenvalue weighted by Crippen LogP contribution is -1.87. The molecular weight excluding hydrogens is 324 g/mol. The summed E-state index contributed by atoms with van der Waals surface area (Å²) >= 11 is 1.72. The molecule has 2 nitrogen and oxygen atoms in total. The van der Waals surface area contributed by atoms with Crippen molar-refractivity contribution in [1.29, 1.82) is 0 Å². The van der Waals surface area contributed by atoms with Crippen LogP contribution in [0.4, 0.5) is 0 Å². The first kappa shape index (κ1) is 14.3. The molecule has 2 aromatic carbocycles. The van der Waals surface area contributed by atoms with Crippen molar-refractivity contribution >= 4 is 33.1 Å². The molecule has 0 atom stereocenters. The van der Waals surface area contributed by atoms with Gasteiger partial charge in [-0.3, -0.25) is 9.97 Å². The van der Waals surface area contributed by atoms with Gasteiger partial charge in [0.05, 0.1) is 11.0 Å². The van der Waals surface area contributed by atoms with Crippen molar-refractivity contribution in [3.05, 3.63) is 83.8 Å². The van der Waals surface area contributed by atoms with Gasteiger partial charge in [-0.25, -0.2) is 0 Å². The second kappa shape index (κ2) is 5.80. The molecule has 0 fully saturated rings. The maximum atomic E-state index is 4.62. The number of hydrogen-bond acceptors (Lipinski definition) is 3. The summed E-state index contributed by atoms with van der Waals surface area (Å²) in [4.78, 5) is 9.25. The van der Waals surface area contributed by atoms with E-state index in [9.17, 15) is 0 Å². The van der Waals surface area contributed by atoms with Gasteiger partial charge in [-0.05, 0) is 22.9 Å². The maximum Gasteiger partial charge on any atom is 0.0780 e. The predicted molar refractivity (Wildman–Crippen MR) is 106 cm³/mol. The van der Waals surface area contributed by atoms with Gasteiger partial charge in [0, 0.05) is 45.4 Å². The van der Waals surface area contributed by atoms with E-state index in [0.717, 1.165) is 21.8 Å². The summed E-state index contributed by atoms with van der Waals surface area (Å²) in [6.45, 7) is 0. The minimum absolute atomic E-state index is 1.04. The van der Waals surface area contributed by atoms with E-state index in [4.69, 9.17) is 0 Å². The Bertz CT molecular complexity index is 1100.